The van der Waals surface area contributed by atoms with Gasteiger partial charge >= 0.3 is 0 Å². The second-order valence-electron chi connectivity index (χ2n) is 5.31. The third-order valence-electron chi connectivity index (χ3n) is 4.24. The van der Waals surface area contributed by atoms with Crippen LogP contribution in [-0.4, -0.2) is 21.3 Å². The number of nitrogens with zero attached hydrogens (tertiary/aromatic N) is 2. The zero-order chi connectivity index (χ0) is 14.2. The molecule has 2 N–H and O–H groups in total. The third-order valence-corrected chi connectivity index (χ3v) is 4.59. The Labute approximate surface area is 123 Å². The highest BCUT2D eigenvalue weighted by Gasteiger charge is 2.37. The molecule has 0 aliphatic heterocycles. The van der Waals surface area contributed by atoms with Gasteiger partial charge in [0.05, 0.1) is 24.9 Å². The second kappa shape index (κ2) is 5.20. The number of halogens is 1. The van der Waals surface area contributed by atoms with Crippen LogP contribution in [0.4, 0.5) is 0 Å². The maximum absolute atomic E-state index is 9.90. The smallest absolute Gasteiger partial charge is 0.128 e. The second-order valence-corrected chi connectivity index (χ2v) is 5.69. The average molecular weight is 292 g/mol. The molecule has 1 unspecified atom stereocenters. The van der Waals surface area contributed by atoms with Crippen LogP contribution in [0.15, 0.2) is 30.5 Å². The first-order chi connectivity index (χ1) is 9.66. The maximum atomic E-state index is 9.90. The molecule has 0 amide bonds. The van der Waals surface area contributed by atoms with Crippen molar-refractivity contribution in [2.24, 2.45) is 7.05 Å². The Kier molecular flexibility index (Phi) is 3.54. The lowest BCUT2D eigenvalue weighted by atomic mass is 9.92. The van der Waals surface area contributed by atoms with Gasteiger partial charge in [0.25, 0.3) is 0 Å². The third kappa shape index (κ3) is 2.14. The Morgan fingerprint density at radius 1 is 1.45 bits per heavy atom. The van der Waals surface area contributed by atoms with Crippen molar-refractivity contribution >= 4 is 11.6 Å². The number of fused-ring (bicyclic) bond motifs is 1. The molecule has 2 aromatic rings. The zero-order valence-electron chi connectivity index (χ0n) is 11.4. The summed E-state index contributed by atoms with van der Waals surface area (Å²) in [5, 5.41) is 14.0. The molecule has 4 nitrogen and oxygen atoms in total. The Hall–Kier alpha value is -1.36. The van der Waals surface area contributed by atoms with E-state index in [1.807, 2.05) is 23.7 Å². The van der Waals surface area contributed by atoms with Gasteiger partial charge in [-0.3, -0.25) is 5.32 Å². The van der Waals surface area contributed by atoms with Crippen molar-refractivity contribution in [3.05, 3.63) is 52.6 Å². The van der Waals surface area contributed by atoms with Crippen molar-refractivity contribution in [3.8, 4) is 0 Å². The van der Waals surface area contributed by atoms with Crippen LogP contribution < -0.4 is 5.32 Å². The minimum absolute atomic E-state index is 0.0855. The topological polar surface area (TPSA) is 50.1 Å². The van der Waals surface area contributed by atoms with Gasteiger partial charge in [0.2, 0.25) is 0 Å². The molecule has 0 radical (unpaired) electrons. The van der Waals surface area contributed by atoms with Gasteiger partial charge in [-0.15, -0.1) is 0 Å². The Bertz CT molecular complexity index is 625. The van der Waals surface area contributed by atoms with Gasteiger partial charge in [-0.2, -0.15) is 0 Å². The van der Waals surface area contributed by atoms with Crippen molar-refractivity contribution in [2.45, 2.75) is 24.9 Å². The van der Waals surface area contributed by atoms with E-state index in [9.17, 15) is 5.11 Å². The molecule has 5 heteroatoms. The summed E-state index contributed by atoms with van der Waals surface area (Å²) in [6.45, 7) is 0.667. The van der Waals surface area contributed by atoms with Gasteiger partial charge in [0, 0.05) is 7.05 Å². The van der Waals surface area contributed by atoms with E-state index < -0.39 is 0 Å². The first kappa shape index (κ1) is 13.6. The van der Waals surface area contributed by atoms with Gasteiger partial charge in [0.15, 0.2) is 0 Å². The minimum atomic E-state index is -0.366. The average Bonchev–Trinajstić information content (AvgIpc) is 3.00. The molecular weight excluding hydrogens is 274 g/mol. The number of hydrogen-bond acceptors (Lipinski definition) is 3. The highest BCUT2D eigenvalue weighted by molar-refractivity contribution is 6.29. The molecule has 1 aromatic carbocycles. The SMILES string of the molecule is Cn1c(Cl)cnc1CNC1(CO)CCc2ccccc21. The van der Waals surface area contributed by atoms with E-state index in [1.54, 1.807) is 6.20 Å². The number of benzene rings is 1. The maximum Gasteiger partial charge on any atom is 0.128 e. The summed E-state index contributed by atoms with van der Waals surface area (Å²) in [5.41, 5.74) is 2.14. The molecule has 106 valence electrons. The van der Waals surface area contributed by atoms with E-state index >= 15 is 0 Å². The van der Waals surface area contributed by atoms with E-state index in [1.165, 1.54) is 11.1 Å². The number of imidazole rings is 1. The predicted molar refractivity (Wildman–Crippen MR) is 78.6 cm³/mol. The molecule has 3 rings (SSSR count). The summed E-state index contributed by atoms with van der Waals surface area (Å²) >= 11 is 6.00. The summed E-state index contributed by atoms with van der Waals surface area (Å²) < 4.78 is 1.85. The van der Waals surface area contributed by atoms with Crippen LogP contribution in [0, 0.1) is 0 Å². The number of aliphatic hydroxyl groups excluding tert-OH is 1. The van der Waals surface area contributed by atoms with E-state index in [4.69, 9.17) is 11.6 Å². The number of aryl methyl sites for hydroxylation is 1. The molecule has 0 saturated carbocycles. The van der Waals surface area contributed by atoms with Crippen molar-refractivity contribution in [3.63, 3.8) is 0 Å². The van der Waals surface area contributed by atoms with E-state index in [0.717, 1.165) is 18.7 Å². The highest BCUT2D eigenvalue weighted by Crippen LogP contribution is 2.36. The van der Waals surface area contributed by atoms with Crippen LogP contribution in [0.25, 0.3) is 0 Å². The first-order valence-corrected chi connectivity index (χ1v) is 7.14. The van der Waals surface area contributed by atoms with Gasteiger partial charge in [-0.25, -0.2) is 4.98 Å². The van der Waals surface area contributed by atoms with Gasteiger partial charge in [-0.1, -0.05) is 35.9 Å². The lowest BCUT2D eigenvalue weighted by Gasteiger charge is -2.29. The zero-order valence-corrected chi connectivity index (χ0v) is 12.2. The number of nitrogens with one attached hydrogen (secondary N) is 1. The molecule has 1 heterocycles. The van der Waals surface area contributed by atoms with E-state index in [0.29, 0.717) is 11.7 Å². The summed E-state index contributed by atoms with van der Waals surface area (Å²) in [4.78, 5) is 4.28. The first-order valence-electron chi connectivity index (χ1n) is 6.77. The largest absolute Gasteiger partial charge is 0.394 e. The van der Waals surface area contributed by atoms with E-state index in [2.05, 4.69) is 22.4 Å². The molecule has 1 atom stereocenters. The van der Waals surface area contributed by atoms with Crippen molar-refractivity contribution in [2.75, 3.05) is 6.61 Å². The van der Waals surface area contributed by atoms with Crippen molar-refractivity contribution in [1.82, 2.24) is 14.9 Å². The molecule has 0 saturated heterocycles. The summed E-state index contributed by atoms with van der Waals surface area (Å²) in [7, 11) is 1.89. The number of hydrogen-bond donors (Lipinski definition) is 2. The van der Waals surface area contributed by atoms with Gasteiger partial charge < -0.3 is 9.67 Å². The van der Waals surface area contributed by atoms with Crippen LogP contribution in [0.1, 0.15) is 23.4 Å². The minimum Gasteiger partial charge on any atom is -0.394 e. The van der Waals surface area contributed by atoms with Crippen LogP contribution >= 0.6 is 11.6 Å². The molecule has 1 aliphatic rings. The lowest BCUT2D eigenvalue weighted by Crippen LogP contribution is -2.43. The Balaban J connectivity index is 1.83. The lowest BCUT2D eigenvalue weighted by molar-refractivity contribution is 0.157. The standard InChI is InChI=1S/C15H18ClN3O/c1-19-13(16)8-17-14(19)9-18-15(10-20)7-6-11-4-2-3-5-12(11)15/h2-5,8,18,20H,6-7,9-10H2,1H3. The predicted octanol–water partition coefficient (Wildman–Crippen LogP) is 2.00. The molecule has 0 spiro atoms. The molecule has 1 aromatic heterocycles. The number of rotatable bonds is 4. The molecule has 0 fully saturated rings. The fourth-order valence-electron chi connectivity index (χ4n) is 2.93. The summed E-state index contributed by atoms with van der Waals surface area (Å²) in [6.07, 6.45) is 3.54. The summed E-state index contributed by atoms with van der Waals surface area (Å²) in [5.74, 6) is 0.868. The van der Waals surface area contributed by atoms with Gasteiger partial charge in [0.1, 0.15) is 11.0 Å². The molecule has 20 heavy (non-hydrogen) atoms. The molecule has 1 aliphatic carbocycles. The Morgan fingerprint density at radius 2 is 2.25 bits per heavy atom. The Morgan fingerprint density at radius 3 is 2.95 bits per heavy atom. The fourth-order valence-corrected chi connectivity index (χ4v) is 3.07. The highest BCUT2D eigenvalue weighted by atomic mass is 35.5. The van der Waals surface area contributed by atoms with Crippen LogP contribution in [-0.2, 0) is 25.6 Å². The van der Waals surface area contributed by atoms with Crippen LogP contribution in [0.3, 0.4) is 0 Å². The fraction of sp³-hybridized carbons (Fsp3) is 0.400. The molecule has 0 bridgehead atoms. The monoisotopic (exact) mass is 291 g/mol. The van der Waals surface area contributed by atoms with Crippen LogP contribution in [0.5, 0.6) is 0 Å². The van der Waals surface area contributed by atoms with E-state index in [-0.39, 0.29) is 12.1 Å². The van der Waals surface area contributed by atoms with Gasteiger partial charge in [-0.05, 0) is 24.0 Å². The number of aromatic nitrogens is 2. The van der Waals surface area contributed by atoms with Crippen molar-refractivity contribution < 1.29 is 5.11 Å². The quantitative estimate of drug-likeness (QED) is 0.906. The van der Waals surface area contributed by atoms with Crippen LogP contribution in [0.2, 0.25) is 5.15 Å². The molecular formula is C15H18ClN3O. The van der Waals surface area contributed by atoms with Crippen molar-refractivity contribution in [1.29, 1.82) is 0 Å². The number of aliphatic hydroxyl groups is 1. The summed E-state index contributed by atoms with van der Waals surface area (Å²) in [6, 6.07) is 8.29. The normalized spacial score (nSPS) is 21.1.